The van der Waals surface area contributed by atoms with Crippen molar-refractivity contribution in [1.29, 1.82) is 0 Å². The third-order valence-corrected chi connectivity index (χ3v) is 4.34. The van der Waals surface area contributed by atoms with Gasteiger partial charge in [-0.1, -0.05) is 13.8 Å². The first kappa shape index (κ1) is 15.4. The van der Waals surface area contributed by atoms with Crippen LogP contribution in [-0.4, -0.2) is 40.1 Å². The van der Waals surface area contributed by atoms with Crippen molar-refractivity contribution in [3.8, 4) is 0 Å². The number of likely N-dealkylation sites (N-methyl/N-ethyl adjacent to an activating group) is 1. The molecule has 1 aromatic heterocycles. The van der Waals surface area contributed by atoms with Crippen LogP contribution in [0.5, 0.6) is 0 Å². The minimum absolute atomic E-state index is 0.142. The highest BCUT2D eigenvalue weighted by Gasteiger charge is 2.40. The number of carbonyl (C=O) groups excluding carboxylic acids is 1. The normalized spacial score (nSPS) is 12.2. The van der Waals surface area contributed by atoms with Gasteiger partial charge in [-0.2, -0.15) is 5.10 Å². The highest BCUT2D eigenvalue weighted by atomic mass is 79.9. The van der Waals surface area contributed by atoms with Crippen LogP contribution in [0.15, 0.2) is 10.7 Å². The van der Waals surface area contributed by atoms with Gasteiger partial charge in [0.1, 0.15) is 5.69 Å². The summed E-state index contributed by atoms with van der Waals surface area (Å²) in [5.41, 5.74) is 0.227. The maximum absolute atomic E-state index is 12.9. The molecule has 0 aliphatic rings. The third-order valence-electron chi connectivity index (χ3n) is 3.76. The molecule has 4 nitrogen and oxygen atoms in total. The summed E-state index contributed by atoms with van der Waals surface area (Å²) in [6.45, 7) is 6.80. The molecule has 0 radical (unpaired) electrons. The molecule has 0 aliphatic heterocycles. The number of hydrogen-bond donors (Lipinski definition) is 0. The Balaban J connectivity index is 3.30. The Bertz CT molecular complexity index is 422. The summed E-state index contributed by atoms with van der Waals surface area (Å²) in [4.78, 5) is 14.9. The van der Waals surface area contributed by atoms with Crippen molar-refractivity contribution in [3.05, 3.63) is 16.4 Å². The monoisotopic (exact) mass is 315 g/mol. The number of hydrogen-bond acceptors (Lipinski definition) is 3. The largest absolute Gasteiger partial charge is 0.297 e. The van der Waals surface area contributed by atoms with Gasteiger partial charge in [-0.25, -0.2) is 0 Å². The summed E-state index contributed by atoms with van der Waals surface area (Å²) in [7, 11) is 3.93. The summed E-state index contributed by atoms with van der Waals surface area (Å²) in [5, 5.41) is 4.23. The molecule has 0 unspecified atom stereocenters. The summed E-state index contributed by atoms with van der Waals surface area (Å²) in [6, 6.07) is 0. The second-order valence-electron chi connectivity index (χ2n) is 4.62. The minimum atomic E-state index is -0.449. The standard InChI is InChI=1S/C13H22BrN3O/c1-6-13(7-2,16(4)5)12(18)11-10(14)9-15-17(11)8-3/h9H,6-8H2,1-5H3. The molecule has 1 heterocycles. The van der Waals surface area contributed by atoms with Crippen molar-refractivity contribution in [1.82, 2.24) is 14.7 Å². The van der Waals surface area contributed by atoms with E-state index in [0.29, 0.717) is 12.2 Å². The SMILES string of the molecule is CCn1ncc(Br)c1C(=O)C(CC)(CC)N(C)C. The summed E-state index contributed by atoms with van der Waals surface area (Å²) < 4.78 is 2.54. The summed E-state index contributed by atoms with van der Waals surface area (Å²) >= 11 is 3.44. The fourth-order valence-electron chi connectivity index (χ4n) is 2.46. The number of nitrogens with zero attached hydrogens (tertiary/aromatic N) is 3. The minimum Gasteiger partial charge on any atom is -0.297 e. The van der Waals surface area contributed by atoms with Crippen molar-refractivity contribution in [3.63, 3.8) is 0 Å². The van der Waals surface area contributed by atoms with E-state index in [1.54, 1.807) is 10.9 Å². The zero-order valence-corrected chi connectivity index (χ0v) is 13.4. The van der Waals surface area contributed by atoms with Crippen LogP contribution in [0.4, 0.5) is 0 Å². The maximum Gasteiger partial charge on any atom is 0.202 e. The van der Waals surface area contributed by atoms with E-state index in [1.807, 2.05) is 25.9 Å². The molecule has 0 aliphatic carbocycles. The lowest BCUT2D eigenvalue weighted by Crippen LogP contribution is -2.51. The first-order valence-corrected chi connectivity index (χ1v) is 7.17. The lowest BCUT2D eigenvalue weighted by molar-refractivity contribution is 0.0643. The molecule has 0 saturated heterocycles. The quantitative estimate of drug-likeness (QED) is 0.757. The first-order chi connectivity index (χ1) is 8.44. The predicted molar refractivity (Wildman–Crippen MR) is 76.9 cm³/mol. The fraction of sp³-hybridized carbons (Fsp3) is 0.692. The van der Waals surface area contributed by atoms with Gasteiger partial charge in [0.05, 0.1) is 16.2 Å². The van der Waals surface area contributed by atoms with Gasteiger partial charge in [0, 0.05) is 6.54 Å². The molecule has 0 saturated carbocycles. The lowest BCUT2D eigenvalue weighted by atomic mass is 9.85. The maximum atomic E-state index is 12.9. The van der Waals surface area contributed by atoms with Crippen LogP contribution in [-0.2, 0) is 6.54 Å². The molecular formula is C13H22BrN3O. The second-order valence-corrected chi connectivity index (χ2v) is 5.47. The lowest BCUT2D eigenvalue weighted by Gasteiger charge is -2.37. The molecule has 0 atom stereocenters. The van der Waals surface area contributed by atoms with Crippen molar-refractivity contribution >= 4 is 21.7 Å². The Morgan fingerprint density at radius 3 is 2.33 bits per heavy atom. The van der Waals surface area contributed by atoms with Gasteiger partial charge in [0.15, 0.2) is 0 Å². The van der Waals surface area contributed by atoms with E-state index in [-0.39, 0.29) is 5.78 Å². The molecular weight excluding hydrogens is 294 g/mol. The van der Waals surface area contributed by atoms with E-state index in [0.717, 1.165) is 17.3 Å². The highest BCUT2D eigenvalue weighted by Crippen LogP contribution is 2.29. The second kappa shape index (κ2) is 5.97. The van der Waals surface area contributed by atoms with Gasteiger partial charge < -0.3 is 0 Å². The van der Waals surface area contributed by atoms with Crippen molar-refractivity contribution in [2.24, 2.45) is 0 Å². The van der Waals surface area contributed by atoms with Gasteiger partial charge in [0.25, 0.3) is 0 Å². The van der Waals surface area contributed by atoms with E-state index in [2.05, 4.69) is 34.9 Å². The van der Waals surface area contributed by atoms with Gasteiger partial charge in [-0.15, -0.1) is 0 Å². The van der Waals surface area contributed by atoms with Crippen molar-refractivity contribution < 1.29 is 4.79 Å². The van der Waals surface area contributed by atoms with Gasteiger partial charge >= 0.3 is 0 Å². The average molecular weight is 316 g/mol. The topological polar surface area (TPSA) is 38.1 Å². The molecule has 0 fully saturated rings. The summed E-state index contributed by atoms with van der Waals surface area (Å²) in [6.07, 6.45) is 3.27. The Kier molecular flexibility index (Phi) is 5.10. The van der Waals surface area contributed by atoms with E-state index in [4.69, 9.17) is 0 Å². The predicted octanol–water partition coefficient (Wildman–Crippen LogP) is 2.97. The van der Waals surface area contributed by atoms with Gasteiger partial charge in [-0.3, -0.25) is 14.4 Å². The molecule has 0 aromatic carbocycles. The molecule has 5 heteroatoms. The molecule has 0 spiro atoms. The molecule has 1 rings (SSSR count). The number of halogens is 1. The van der Waals surface area contributed by atoms with Gasteiger partial charge in [0.2, 0.25) is 5.78 Å². The molecule has 0 N–H and O–H groups in total. The van der Waals surface area contributed by atoms with Crippen LogP contribution < -0.4 is 0 Å². The highest BCUT2D eigenvalue weighted by molar-refractivity contribution is 9.10. The van der Waals surface area contributed by atoms with Crippen LogP contribution in [0, 0.1) is 0 Å². The van der Waals surface area contributed by atoms with E-state index < -0.39 is 5.54 Å². The molecule has 1 aromatic rings. The number of carbonyl (C=O) groups is 1. The molecule has 18 heavy (non-hydrogen) atoms. The van der Waals surface area contributed by atoms with Crippen LogP contribution in [0.25, 0.3) is 0 Å². The average Bonchev–Trinajstić information content (AvgIpc) is 2.71. The molecule has 102 valence electrons. The summed E-state index contributed by atoms with van der Waals surface area (Å²) in [5.74, 6) is 0.142. The molecule has 0 bridgehead atoms. The number of aryl methyl sites for hydroxylation is 1. The van der Waals surface area contributed by atoms with Gasteiger partial charge in [-0.05, 0) is 49.8 Å². The van der Waals surface area contributed by atoms with Crippen LogP contribution in [0.3, 0.4) is 0 Å². The van der Waals surface area contributed by atoms with Crippen molar-refractivity contribution in [2.75, 3.05) is 14.1 Å². The smallest absolute Gasteiger partial charge is 0.202 e. The number of aromatic nitrogens is 2. The first-order valence-electron chi connectivity index (χ1n) is 6.38. The number of ketones is 1. The Morgan fingerprint density at radius 2 is 1.94 bits per heavy atom. The Hall–Kier alpha value is -0.680. The van der Waals surface area contributed by atoms with Crippen LogP contribution in [0.2, 0.25) is 0 Å². The van der Waals surface area contributed by atoms with Crippen LogP contribution in [0.1, 0.15) is 44.1 Å². The van der Waals surface area contributed by atoms with E-state index in [9.17, 15) is 4.79 Å². The zero-order chi connectivity index (χ0) is 13.9. The zero-order valence-electron chi connectivity index (χ0n) is 11.8. The Labute approximate surface area is 117 Å². The molecule has 0 amide bonds. The number of Topliss-reactive ketones (excluding diaryl/α,β-unsaturated/α-hetero) is 1. The van der Waals surface area contributed by atoms with Crippen LogP contribution >= 0.6 is 15.9 Å². The van der Waals surface area contributed by atoms with E-state index in [1.165, 1.54) is 0 Å². The van der Waals surface area contributed by atoms with E-state index >= 15 is 0 Å². The number of rotatable bonds is 6. The third kappa shape index (κ3) is 2.38. The van der Waals surface area contributed by atoms with Crippen molar-refractivity contribution in [2.45, 2.75) is 45.7 Å². The fourth-order valence-corrected chi connectivity index (χ4v) is 2.93. The Morgan fingerprint density at radius 1 is 1.39 bits per heavy atom.